The Labute approximate surface area is 111 Å². The third-order valence-corrected chi connectivity index (χ3v) is 3.57. The first-order valence-corrected chi connectivity index (χ1v) is 6.22. The Balaban J connectivity index is 1.98. The van der Waals surface area contributed by atoms with Gasteiger partial charge in [-0.3, -0.25) is 9.69 Å². The monoisotopic (exact) mass is 260 g/mol. The molecule has 0 saturated carbocycles. The molecule has 0 unspecified atom stereocenters. The van der Waals surface area contributed by atoms with Crippen molar-refractivity contribution in [1.29, 1.82) is 0 Å². The molecule has 0 bridgehead atoms. The fraction of sp³-hybridized carbons (Fsp3) is 0.462. The fourth-order valence-electron chi connectivity index (χ4n) is 2.36. The maximum atomic E-state index is 11.2. The molecule has 1 fully saturated rings. The van der Waals surface area contributed by atoms with Gasteiger partial charge >= 0.3 is 5.97 Å². The lowest BCUT2D eigenvalue weighted by molar-refractivity contribution is -0.145. The maximum absolute atomic E-state index is 11.2. The fourth-order valence-corrected chi connectivity index (χ4v) is 2.36. The van der Waals surface area contributed by atoms with Gasteiger partial charge in [0.2, 0.25) is 0 Å². The van der Waals surface area contributed by atoms with Crippen LogP contribution in [0.5, 0.6) is 0 Å². The second-order valence-electron chi connectivity index (χ2n) is 4.79. The Bertz CT molecular complexity index is 485. The first kappa shape index (κ1) is 13.4. The van der Waals surface area contributed by atoms with E-state index in [1.54, 1.807) is 0 Å². The van der Waals surface area contributed by atoms with Crippen LogP contribution >= 0.6 is 0 Å². The van der Waals surface area contributed by atoms with Crippen molar-refractivity contribution < 1.29 is 9.90 Å². The highest BCUT2D eigenvalue weighted by Crippen LogP contribution is 2.28. The topological polar surface area (TPSA) is 89.3 Å². The number of nitrogens with zero attached hydrogens (tertiary/aromatic N) is 4. The molecule has 2 rings (SSSR count). The summed E-state index contributed by atoms with van der Waals surface area (Å²) in [7, 11) is 0. The standard InChI is InChI=1S/C13H16N4O2/c14-16-15-13(12(18)19)6-8-17(9-7-13)10-11-4-2-1-3-5-11/h1-5H,6-10H2,(H,18,19). The average molecular weight is 260 g/mol. The van der Waals surface area contributed by atoms with Crippen molar-refractivity contribution in [2.45, 2.75) is 24.9 Å². The van der Waals surface area contributed by atoms with Crippen molar-refractivity contribution in [3.8, 4) is 0 Å². The van der Waals surface area contributed by atoms with Gasteiger partial charge in [-0.2, -0.15) is 0 Å². The quantitative estimate of drug-likeness (QED) is 0.512. The van der Waals surface area contributed by atoms with Crippen molar-refractivity contribution in [2.24, 2.45) is 5.11 Å². The largest absolute Gasteiger partial charge is 0.481 e. The van der Waals surface area contributed by atoms with Crippen molar-refractivity contribution in [3.63, 3.8) is 0 Å². The number of rotatable bonds is 4. The first-order valence-electron chi connectivity index (χ1n) is 6.22. The molecule has 19 heavy (non-hydrogen) atoms. The SMILES string of the molecule is [N-]=[N+]=NC1(C(=O)O)CCN(Cc2ccccc2)CC1. The molecule has 100 valence electrons. The Morgan fingerprint density at radius 3 is 2.53 bits per heavy atom. The number of benzene rings is 1. The van der Waals surface area contributed by atoms with Gasteiger partial charge in [0.05, 0.1) is 0 Å². The predicted molar refractivity (Wildman–Crippen MR) is 70.5 cm³/mol. The summed E-state index contributed by atoms with van der Waals surface area (Å²) in [5.41, 5.74) is 8.46. The van der Waals surface area contributed by atoms with Crippen molar-refractivity contribution in [1.82, 2.24) is 4.90 Å². The number of hydrogen-bond acceptors (Lipinski definition) is 3. The Morgan fingerprint density at radius 2 is 2.00 bits per heavy atom. The lowest BCUT2D eigenvalue weighted by atomic mass is 9.88. The summed E-state index contributed by atoms with van der Waals surface area (Å²) in [6.45, 7) is 2.05. The van der Waals surface area contributed by atoms with E-state index in [0.29, 0.717) is 25.9 Å². The molecule has 0 atom stereocenters. The molecule has 1 saturated heterocycles. The van der Waals surface area contributed by atoms with Gasteiger partial charge < -0.3 is 5.11 Å². The third-order valence-electron chi connectivity index (χ3n) is 3.57. The number of azide groups is 1. The molecule has 0 aliphatic carbocycles. The van der Waals surface area contributed by atoms with Gasteiger partial charge in [0, 0.05) is 11.5 Å². The Hall–Kier alpha value is -2.04. The van der Waals surface area contributed by atoms with Crippen molar-refractivity contribution in [3.05, 3.63) is 46.3 Å². The molecular formula is C13H16N4O2. The zero-order valence-electron chi connectivity index (χ0n) is 10.6. The second kappa shape index (κ2) is 5.73. The van der Waals surface area contributed by atoms with Gasteiger partial charge in [0.15, 0.2) is 0 Å². The van der Waals surface area contributed by atoms with Crippen LogP contribution in [0.3, 0.4) is 0 Å². The minimum atomic E-state index is -1.26. The number of hydrogen-bond donors (Lipinski definition) is 1. The lowest BCUT2D eigenvalue weighted by Crippen LogP contribution is -2.47. The molecule has 1 N–H and O–H groups in total. The van der Waals surface area contributed by atoms with E-state index in [4.69, 9.17) is 5.53 Å². The van der Waals surface area contributed by atoms with Gasteiger partial charge in [-0.15, -0.1) is 0 Å². The van der Waals surface area contributed by atoms with E-state index < -0.39 is 11.5 Å². The third kappa shape index (κ3) is 3.05. The van der Waals surface area contributed by atoms with E-state index in [2.05, 4.69) is 14.9 Å². The van der Waals surface area contributed by atoms with E-state index in [-0.39, 0.29) is 0 Å². The molecule has 1 heterocycles. The van der Waals surface area contributed by atoms with E-state index in [0.717, 1.165) is 6.54 Å². The Kier molecular flexibility index (Phi) is 4.04. The number of carboxylic acids is 1. The number of likely N-dealkylation sites (tertiary alicyclic amines) is 1. The number of piperidine rings is 1. The van der Waals surface area contributed by atoms with Crippen LogP contribution in [0.4, 0.5) is 0 Å². The van der Waals surface area contributed by atoms with Crippen LogP contribution in [0.15, 0.2) is 35.4 Å². The van der Waals surface area contributed by atoms with Crippen LogP contribution < -0.4 is 0 Å². The zero-order valence-corrected chi connectivity index (χ0v) is 10.6. The summed E-state index contributed by atoms with van der Waals surface area (Å²) in [6.07, 6.45) is 0.721. The van der Waals surface area contributed by atoms with Crippen LogP contribution in [0.2, 0.25) is 0 Å². The van der Waals surface area contributed by atoms with Gasteiger partial charge in [0.1, 0.15) is 5.54 Å². The highest BCUT2D eigenvalue weighted by Gasteiger charge is 2.40. The average Bonchev–Trinajstić information content (AvgIpc) is 2.42. The van der Waals surface area contributed by atoms with Crippen LogP contribution in [-0.4, -0.2) is 34.6 Å². The highest BCUT2D eigenvalue weighted by molar-refractivity contribution is 5.79. The summed E-state index contributed by atoms with van der Waals surface area (Å²) in [6, 6.07) is 10.0. The van der Waals surface area contributed by atoms with Crippen molar-refractivity contribution >= 4 is 5.97 Å². The number of carbonyl (C=O) groups is 1. The minimum Gasteiger partial charge on any atom is -0.481 e. The molecule has 0 spiro atoms. The summed E-state index contributed by atoms with van der Waals surface area (Å²) in [5, 5.41) is 12.7. The van der Waals surface area contributed by atoms with Crippen LogP contribution in [0, 0.1) is 0 Å². The number of aliphatic carboxylic acids is 1. The van der Waals surface area contributed by atoms with E-state index in [1.807, 2.05) is 30.3 Å². The van der Waals surface area contributed by atoms with Gasteiger partial charge in [-0.05, 0) is 37.0 Å². The molecule has 0 radical (unpaired) electrons. The van der Waals surface area contributed by atoms with Crippen LogP contribution in [0.1, 0.15) is 18.4 Å². The van der Waals surface area contributed by atoms with Crippen LogP contribution in [0.25, 0.3) is 10.4 Å². The van der Waals surface area contributed by atoms with E-state index >= 15 is 0 Å². The molecule has 1 aliphatic rings. The lowest BCUT2D eigenvalue weighted by Gasteiger charge is -2.35. The Morgan fingerprint density at radius 1 is 1.37 bits per heavy atom. The highest BCUT2D eigenvalue weighted by atomic mass is 16.4. The first-order chi connectivity index (χ1) is 9.16. The molecule has 0 aromatic heterocycles. The van der Waals surface area contributed by atoms with Gasteiger partial charge in [-0.25, -0.2) is 0 Å². The predicted octanol–water partition coefficient (Wildman–Crippen LogP) is 2.42. The van der Waals surface area contributed by atoms with Crippen LogP contribution in [-0.2, 0) is 11.3 Å². The molecule has 6 nitrogen and oxygen atoms in total. The van der Waals surface area contributed by atoms with Gasteiger partial charge in [-0.1, -0.05) is 35.4 Å². The molecule has 6 heteroatoms. The normalized spacial score (nSPS) is 18.5. The summed E-state index contributed by atoms with van der Waals surface area (Å²) in [4.78, 5) is 16.1. The van der Waals surface area contributed by atoms with Crippen molar-refractivity contribution in [2.75, 3.05) is 13.1 Å². The minimum absolute atomic E-state index is 0.360. The molecule has 1 aromatic carbocycles. The summed E-state index contributed by atoms with van der Waals surface area (Å²) in [5.74, 6) is -1.02. The summed E-state index contributed by atoms with van der Waals surface area (Å²) < 4.78 is 0. The maximum Gasteiger partial charge on any atom is 0.315 e. The number of carboxylic acid groups (broad SMARTS) is 1. The molecule has 1 aliphatic heterocycles. The molecular weight excluding hydrogens is 244 g/mol. The summed E-state index contributed by atoms with van der Waals surface area (Å²) >= 11 is 0. The van der Waals surface area contributed by atoms with Gasteiger partial charge in [0.25, 0.3) is 0 Å². The van der Waals surface area contributed by atoms with E-state index in [9.17, 15) is 9.90 Å². The zero-order chi connectivity index (χ0) is 13.7. The second-order valence-corrected chi connectivity index (χ2v) is 4.79. The molecule has 1 aromatic rings. The molecule has 0 amide bonds. The smallest absolute Gasteiger partial charge is 0.315 e. The van der Waals surface area contributed by atoms with E-state index in [1.165, 1.54) is 5.56 Å².